The molecule has 1 aromatic rings. The number of amides is 2. The second-order valence-electron chi connectivity index (χ2n) is 5.02. The average molecular weight is 276 g/mol. The number of aliphatic hydroxyl groups excluding tert-OH is 1. The van der Waals surface area contributed by atoms with E-state index in [1.807, 2.05) is 11.0 Å². The van der Waals surface area contributed by atoms with Crippen molar-refractivity contribution < 1.29 is 14.7 Å². The van der Waals surface area contributed by atoms with Gasteiger partial charge in [-0.1, -0.05) is 24.6 Å². The molecule has 1 saturated carbocycles. The van der Waals surface area contributed by atoms with Crippen LogP contribution in [0.5, 0.6) is 0 Å². The molecule has 0 saturated heterocycles. The molecule has 0 radical (unpaired) electrons. The molecule has 1 fully saturated rings. The summed E-state index contributed by atoms with van der Waals surface area (Å²) in [5.74, 6) is -0.702. The van der Waals surface area contributed by atoms with E-state index in [0.29, 0.717) is 18.2 Å². The van der Waals surface area contributed by atoms with Crippen LogP contribution in [-0.2, 0) is 4.79 Å². The highest BCUT2D eigenvalue weighted by molar-refractivity contribution is 6.05. The number of nitrogens with zero attached hydrogens (tertiary/aromatic N) is 1. The largest absolute Gasteiger partial charge is 0.395 e. The van der Waals surface area contributed by atoms with Crippen molar-refractivity contribution in [3.8, 4) is 0 Å². The first-order chi connectivity index (χ1) is 9.70. The molecule has 0 bridgehead atoms. The van der Waals surface area contributed by atoms with E-state index in [1.165, 1.54) is 0 Å². The maximum Gasteiger partial charge on any atom is 0.257 e. The van der Waals surface area contributed by atoms with Crippen molar-refractivity contribution >= 4 is 11.8 Å². The lowest BCUT2D eigenvalue weighted by Crippen LogP contribution is -2.48. The summed E-state index contributed by atoms with van der Waals surface area (Å²) in [6.45, 7) is 0.651. The third-order valence-corrected chi connectivity index (χ3v) is 3.61. The lowest BCUT2D eigenvalue weighted by molar-refractivity contribution is -0.122. The first kappa shape index (κ1) is 14.7. The Morgan fingerprint density at radius 3 is 2.50 bits per heavy atom. The highest BCUT2D eigenvalue weighted by Gasteiger charge is 2.26. The highest BCUT2D eigenvalue weighted by atomic mass is 16.3. The molecule has 2 N–H and O–H groups in total. The predicted octanol–water partition coefficient (Wildman–Crippen LogP) is 0.790. The lowest BCUT2D eigenvalue weighted by Gasteiger charge is -2.36. The molecule has 1 aliphatic carbocycles. The molecule has 0 aliphatic heterocycles. The Kier molecular flexibility index (Phi) is 5.26. The standard InChI is InChI=1S/C15H20N2O3/c18-10-9-17(13-7-4-8-13)11-14(19)16-15(20)12-5-2-1-3-6-12/h1-3,5-6,13,18H,4,7-11H2,(H,16,19,20). The zero-order chi connectivity index (χ0) is 14.4. The summed E-state index contributed by atoms with van der Waals surface area (Å²) in [7, 11) is 0. The van der Waals surface area contributed by atoms with Crippen LogP contribution in [0.4, 0.5) is 0 Å². The zero-order valence-corrected chi connectivity index (χ0v) is 11.4. The lowest BCUT2D eigenvalue weighted by atomic mass is 9.91. The molecule has 5 heteroatoms. The fraction of sp³-hybridized carbons (Fsp3) is 0.467. The molecule has 1 aliphatic rings. The van der Waals surface area contributed by atoms with Gasteiger partial charge in [-0.2, -0.15) is 0 Å². The SMILES string of the molecule is O=C(CN(CCO)C1CCC1)NC(=O)c1ccccc1. The van der Waals surface area contributed by atoms with Gasteiger partial charge in [0, 0.05) is 18.2 Å². The molecule has 2 amide bonds. The molecule has 0 aromatic heterocycles. The minimum atomic E-state index is -0.381. The Bertz CT molecular complexity index is 457. The quantitative estimate of drug-likeness (QED) is 0.806. The van der Waals surface area contributed by atoms with Gasteiger partial charge in [0.15, 0.2) is 0 Å². The van der Waals surface area contributed by atoms with Crippen molar-refractivity contribution in [1.29, 1.82) is 0 Å². The van der Waals surface area contributed by atoms with E-state index < -0.39 is 0 Å². The normalized spacial score (nSPS) is 14.9. The summed E-state index contributed by atoms with van der Waals surface area (Å²) >= 11 is 0. The molecule has 2 rings (SSSR count). The van der Waals surface area contributed by atoms with Crippen LogP contribution in [0.15, 0.2) is 30.3 Å². The molecular weight excluding hydrogens is 256 g/mol. The van der Waals surface area contributed by atoms with Gasteiger partial charge < -0.3 is 5.11 Å². The minimum absolute atomic E-state index is 0.0242. The van der Waals surface area contributed by atoms with Crippen molar-refractivity contribution in [1.82, 2.24) is 10.2 Å². The summed E-state index contributed by atoms with van der Waals surface area (Å²) in [5, 5.41) is 11.4. The van der Waals surface area contributed by atoms with Crippen LogP contribution in [0.3, 0.4) is 0 Å². The van der Waals surface area contributed by atoms with E-state index in [1.54, 1.807) is 24.3 Å². The van der Waals surface area contributed by atoms with Crippen LogP contribution in [0.25, 0.3) is 0 Å². The Morgan fingerprint density at radius 1 is 1.25 bits per heavy atom. The highest BCUT2D eigenvalue weighted by Crippen LogP contribution is 2.24. The van der Waals surface area contributed by atoms with Crippen molar-refractivity contribution in [2.24, 2.45) is 0 Å². The number of rotatable bonds is 6. The van der Waals surface area contributed by atoms with Crippen molar-refractivity contribution in [2.45, 2.75) is 25.3 Å². The molecule has 0 unspecified atom stereocenters. The molecule has 0 atom stereocenters. The van der Waals surface area contributed by atoms with E-state index in [4.69, 9.17) is 5.11 Å². The molecule has 5 nitrogen and oxygen atoms in total. The van der Waals surface area contributed by atoms with Gasteiger partial charge in [-0.15, -0.1) is 0 Å². The summed E-state index contributed by atoms with van der Waals surface area (Å²) in [5.41, 5.74) is 0.471. The fourth-order valence-corrected chi connectivity index (χ4v) is 2.28. The number of carbonyl (C=O) groups excluding carboxylic acids is 2. The first-order valence-electron chi connectivity index (χ1n) is 6.95. The molecule has 1 aromatic carbocycles. The van der Waals surface area contributed by atoms with Gasteiger partial charge in [0.05, 0.1) is 13.2 Å². The number of aliphatic hydroxyl groups is 1. The Hall–Kier alpha value is -1.72. The van der Waals surface area contributed by atoms with Crippen LogP contribution in [0.1, 0.15) is 29.6 Å². The Morgan fingerprint density at radius 2 is 1.95 bits per heavy atom. The van der Waals surface area contributed by atoms with Crippen LogP contribution < -0.4 is 5.32 Å². The molecule has 0 spiro atoms. The molecular formula is C15H20N2O3. The van der Waals surface area contributed by atoms with Crippen LogP contribution in [-0.4, -0.2) is 47.6 Å². The van der Waals surface area contributed by atoms with Crippen molar-refractivity contribution in [3.63, 3.8) is 0 Å². The summed E-state index contributed by atoms with van der Waals surface area (Å²) in [6, 6.07) is 9.02. The topological polar surface area (TPSA) is 69.6 Å². The van der Waals surface area contributed by atoms with Crippen molar-refractivity contribution in [3.05, 3.63) is 35.9 Å². The van der Waals surface area contributed by atoms with Gasteiger partial charge >= 0.3 is 0 Å². The maximum absolute atomic E-state index is 11.9. The summed E-state index contributed by atoms with van der Waals surface area (Å²) in [6.07, 6.45) is 3.27. The van der Waals surface area contributed by atoms with Gasteiger partial charge in [-0.3, -0.25) is 19.8 Å². The van der Waals surface area contributed by atoms with E-state index in [9.17, 15) is 9.59 Å². The van der Waals surface area contributed by atoms with Gasteiger partial charge in [0.25, 0.3) is 5.91 Å². The molecule has 108 valence electrons. The maximum atomic E-state index is 11.9. The van der Waals surface area contributed by atoms with Gasteiger partial charge in [0.2, 0.25) is 5.91 Å². The second kappa shape index (κ2) is 7.17. The molecule has 0 heterocycles. The molecule has 20 heavy (non-hydrogen) atoms. The van der Waals surface area contributed by atoms with Crippen LogP contribution >= 0.6 is 0 Å². The van der Waals surface area contributed by atoms with Crippen LogP contribution in [0.2, 0.25) is 0 Å². The third-order valence-electron chi connectivity index (χ3n) is 3.61. The number of imide groups is 1. The van der Waals surface area contributed by atoms with E-state index in [-0.39, 0.29) is 25.0 Å². The Labute approximate surface area is 118 Å². The number of hydrogen-bond acceptors (Lipinski definition) is 4. The van der Waals surface area contributed by atoms with Gasteiger partial charge in [-0.25, -0.2) is 0 Å². The Balaban J connectivity index is 1.86. The van der Waals surface area contributed by atoms with E-state index >= 15 is 0 Å². The van der Waals surface area contributed by atoms with Crippen LogP contribution in [0, 0.1) is 0 Å². The first-order valence-corrected chi connectivity index (χ1v) is 6.95. The smallest absolute Gasteiger partial charge is 0.257 e. The van der Waals surface area contributed by atoms with E-state index in [2.05, 4.69) is 5.32 Å². The average Bonchev–Trinajstić information content (AvgIpc) is 2.37. The fourth-order valence-electron chi connectivity index (χ4n) is 2.28. The number of nitrogens with one attached hydrogen (secondary N) is 1. The monoisotopic (exact) mass is 276 g/mol. The number of hydrogen-bond donors (Lipinski definition) is 2. The summed E-state index contributed by atoms with van der Waals surface area (Å²) < 4.78 is 0. The van der Waals surface area contributed by atoms with Gasteiger partial charge in [-0.05, 0) is 25.0 Å². The number of benzene rings is 1. The van der Waals surface area contributed by atoms with Crippen molar-refractivity contribution in [2.75, 3.05) is 19.7 Å². The second-order valence-corrected chi connectivity index (χ2v) is 5.02. The zero-order valence-electron chi connectivity index (χ0n) is 11.4. The minimum Gasteiger partial charge on any atom is -0.395 e. The van der Waals surface area contributed by atoms with E-state index in [0.717, 1.165) is 19.3 Å². The predicted molar refractivity (Wildman–Crippen MR) is 75.2 cm³/mol. The third kappa shape index (κ3) is 3.88. The van der Waals surface area contributed by atoms with Gasteiger partial charge in [0.1, 0.15) is 0 Å². The summed E-state index contributed by atoms with van der Waals surface area (Å²) in [4.78, 5) is 25.7. The number of carbonyl (C=O) groups is 2.